The lowest BCUT2D eigenvalue weighted by atomic mass is 10.0. The first-order valence-corrected chi connectivity index (χ1v) is 11.7. The number of para-hydroxylation sites is 1. The summed E-state index contributed by atoms with van der Waals surface area (Å²) in [6, 6.07) is 18.3. The SMILES string of the molecule is Nc1cccc2c(NC(=O)[C@H](Cc3ccccc3)NC(=O)C#Cc3cc(Cl)ccc3-n3cnnn3)noc12. The number of halogens is 1. The lowest BCUT2D eigenvalue weighted by Crippen LogP contribution is -2.45. The number of nitrogens with two attached hydrogens (primary N) is 1. The summed E-state index contributed by atoms with van der Waals surface area (Å²) in [4.78, 5) is 26.1. The molecule has 0 aliphatic heterocycles. The Morgan fingerprint density at radius 1 is 1.11 bits per heavy atom. The first-order chi connectivity index (χ1) is 18.5. The highest BCUT2D eigenvalue weighted by Crippen LogP contribution is 2.27. The van der Waals surface area contributed by atoms with Crippen molar-refractivity contribution in [2.45, 2.75) is 12.5 Å². The highest BCUT2D eigenvalue weighted by Gasteiger charge is 2.23. The average molecular weight is 527 g/mol. The number of carbonyl (C=O) groups is 2. The predicted octanol–water partition coefficient (Wildman–Crippen LogP) is 2.76. The van der Waals surface area contributed by atoms with E-state index < -0.39 is 17.9 Å². The summed E-state index contributed by atoms with van der Waals surface area (Å²) in [6.45, 7) is 0. The largest absolute Gasteiger partial charge is 0.396 e. The van der Waals surface area contributed by atoms with Crippen LogP contribution in [0.2, 0.25) is 5.02 Å². The summed E-state index contributed by atoms with van der Waals surface area (Å²) >= 11 is 6.12. The lowest BCUT2D eigenvalue weighted by molar-refractivity contribution is -0.123. The molecule has 0 unspecified atom stereocenters. The van der Waals surface area contributed by atoms with Gasteiger partial charge in [0.05, 0.1) is 22.3 Å². The standard InChI is InChI=1S/C26H19ClN8O3/c27-18-10-11-22(35-15-29-33-34-35)17(14-18)9-12-23(36)30-21(13-16-5-2-1-3-6-16)26(37)31-25-19-7-4-8-20(28)24(19)38-32-25/h1-8,10-11,14-15,21H,13,28H2,(H,30,36)(H,31,32,37)/t21-/m0/s1. The summed E-state index contributed by atoms with van der Waals surface area (Å²) in [7, 11) is 0. The van der Waals surface area contributed by atoms with Crippen molar-refractivity contribution < 1.29 is 14.1 Å². The van der Waals surface area contributed by atoms with Crippen LogP contribution in [0.5, 0.6) is 0 Å². The Bertz CT molecular complexity index is 1670. The van der Waals surface area contributed by atoms with Gasteiger partial charge in [0.1, 0.15) is 12.4 Å². The third-order valence-corrected chi connectivity index (χ3v) is 5.78. The van der Waals surface area contributed by atoms with Gasteiger partial charge < -0.3 is 20.9 Å². The summed E-state index contributed by atoms with van der Waals surface area (Å²) in [5.41, 5.74) is 8.47. The molecule has 2 aromatic heterocycles. The number of aromatic nitrogens is 5. The van der Waals surface area contributed by atoms with Gasteiger partial charge in [0.25, 0.3) is 5.91 Å². The van der Waals surface area contributed by atoms with Gasteiger partial charge in [-0.1, -0.05) is 59.1 Å². The minimum Gasteiger partial charge on any atom is -0.396 e. The first-order valence-electron chi connectivity index (χ1n) is 11.3. The fraction of sp³-hybridized carbons (Fsp3) is 0.0769. The third kappa shape index (κ3) is 5.45. The Hall–Kier alpha value is -5.21. The van der Waals surface area contributed by atoms with Crippen molar-refractivity contribution in [1.82, 2.24) is 30.7 Å². The zero-order chi connectivity index (χ0) is 26.5. The molecular weight excluding hydrogens is 508 g/mol. The highest BCUT2D eigenvalue weighted by molar-refractivity contribution is 6.30. The van der Waals surface area contributed by atoms with Crippen molar-refractivity contribution >= 4 is 45.9 Å². The zero-order valence-electron chi connectivity index (χ0n) is 19.6. The Kier molecular flexibility index (Phi) is 6.97. The van der Waals surface area contributed by atoms with Crippen LogP contribution in [0.3, 0.4) is 0 Å². The summed E-state index contributed by atoms with van der Waals surface area (Å²) in [6.07, 6.45) is 1.61. The van der Waals surface area contributed by atoms with E-state index in [0.717, 1.165) is 5.56 Å². The van der Waals surface area contributed by atoms with E-state index in [1.165, 1.54) is 11.0 Å². The summed E-state index contributed by atoms with van der Waals surface area (Å²) < 4.78 is 6.67. The molecule has 12 heteroatoms. The summed E-state index contributed by atoms with van der Waals surface area (Å²) in [5, 5.41) is 21.4. The highest BCUT2D eigenvalue weighted by atomic mass is 35.5. The van der Waals surface area contributed by atoms with E-state index in [2.05, 4.69) is 43.2 Å². The predicted molar refractivity (Wildman–Crippen MR) is 140 cm³/mol. The summed E-state index contributed by atoms with van der Waals surface area (Å²) in [5.74, 6) is 4.34. The second-order valence-electron chi connectivity index (χ2n) is 8.13. The van der Waals surface area contributed by atoms with E-state index in [9.17, 15) is 9.59 Å². The molecule has 5 rings (SSSR count). The fourth-order valence-corrected chi connectivity index (χ4v) is 3.91. The number of rotatable bonds is 6. The second kappa shape index (κ2) is 10.8. The molecule has 1 atom stereocenters. The van der Waals surface area contributed by atoms with Crippen LogP contribution in [0.25, 0.3) is 16.7 Å². The number of hydrogen-bond acceptors (Lipinski definition) is 8. The number of tetrazole rings is 1. The molecule has 3 aromatic carbocycles. The molecule has 188 valence electrons. The maximum Gasteiger partial charge on any atom is 0.296 e. The number of hydrogen-bond donors (Lipinski definition) is 3. The topological polar surface area (TPSA) is 154 Å². The van der Waals surface area contributed by atoms with Crippen LogP contribution in [0, 0.1) is 11.8 Å². The molecule has 2 amide bonds. The average Bonchev–Trinajstić information content (AvgIpc) is 3.59. The van der Waals surface area contributed by atoms with Crippen LogP contribution >= 0.6 is 11.6 Å². The Balaban J connectivity index is 1.39. The molecule has 0 fully saturated rings. The molecule has 0 aliphatic carbocycles. The first kappa shape index (κ1) is 24.5. The van der Waals surface area contributed by atoms with Crippen LogP contribution in [0.15, 0.2) is 77.6 Å². The molecule has 0 saturated heterocycles. The number of anilines is 2. The maximum atomic E-state index is 13.3. The van der Waals surface area contributed by atoms with Gasteiger partial charge in [0.2, 0.25) is 5.91 Å². The molecule has 2 heterocycles. The normalized spacial score (nSPS) is 11.4. The van der Waals surface area contributed by atoms with Gasteiger partial charge in [-0.05, 0) is 46.3 Å². The van der Waals surface area contributed by atoms with Crippen molar-refractivity contribution in [1.29, 1.82) is 0 Å². The van der Waals surface area contributed by atoms with E-state index in [-0.39, 0.29) is 12.2 Å². The quantitative estimate of drug-likeness (QED) is 0.225. The number of nitrogens with one attached hydrogen (secondary N) is 2. The minimum atomic E-state index is -0.967. The molecule has 0 spiro atoms. The zero-order valence-corrected chi connectivity index (χ0v) is 20.4. The third-order valence-electron chi connectivity index (χ3n) is 5.54. The van der Waals surface area contributed by atoms with Crippen molar-refractivity contribution in [2.24, 2.45) is 0 Å². The molecule has 38 heavy (non-hydrogen) atoms. The van der Waals surface area contributed by atoms with Gasteiger partial charge in [0.15, 0.2) is 11.4 Å². The van der Waals surface area contributed by atoms with Crippen LogP contribution in [-0.4, -0.2) is 43.2 Å². The molecule has 0 bridgehead atoms. The monoisotopic (exact) mass is 526 g/mol. The number of benzene rings is 3. The fourth-order valence-electron chi connectivity index (χ4n) is 3.73. The number of fused-ring (bicyclic) bond motifs is 1. The van der Waals surface area contributed by atoms with Gasteiger partial charge in [0, 0.05) is 17.4 Å². The van der Waals surface area contributed by atoms with E-state index >= 15 is 0 Å². The van der Waals surface area contributed by atoms with Gasteiger partial charge in [-0.15, -0.1) is 5.10 Å². The van der Waals surface area contributed by atoms with Crippen molar-refractivity contribution in [3.63, 3.8) is 0 Å². The number of nitrogens with zero attached hydrogens (tertiary/aromatic N) is 5. The molecule has 0 aliphatic rings. The lowest BCUT2D eigenvalue weighted by Gasteiger charge is -2.16. The molecule has 0 radical (unpaired) electrons. The molecule has 11 nitrogen and oxygen atoms in total. The van der Waals surface area contributed by atoms with Crippen LogP contribution in [0.4, 0.5) is 11.5 Å². The van der Waals surface area contributed by atoms with E-state index in [4.69, 9.17) is 21.9 Å². The van der Waals surface area contributed by atoms with Crippen LogP contribution in [0.1, 0.15) is 11.1 Å². The Morgan fingerprint density at radius 2 is 1.95 bits per heavy atom. The van der Waals surface area contributed by atoms with Crippen LogP contribution in [-0.2, 0) is 16.0 Å². The number of amides is 2. The van der Waals surface area contributed by atoms with Gasteiger partial charge in [-0.3, -0.25) is 9.59 Å². The van der Waals surface area contributed by atoms with E-state index in [1.54, 1.807) is 36.4 Å². The van der Waals surface area contributed by atoms with Gasteiger partial charge in [-0.2, -0.15) is 4.68 Å². The molecule has 0 saturated carbocycles. The Morgan fingerprint density at radius 3 is 2.74 bits per heavy atom. The minimum absolute atomic E-state index is 0.195. The molecular formula is C26H19ClN8O3. The molecule has 4 N–H and O–H groups in total. The van der Waals surface area contributed by atoms with Crippen molar-refractivity contribution in [3.05, 3.63) is 89.2 Å². The van der Waals surface area contributed by atoms with Gasteiger partial charge >= 0.3 is 0 Å². The Labute approximate surface area is 220 Å². The smallest absolute Gasteiger partial charge is 0.296 e. The van der Waals surface area contributed by atoms with Crippen molar-refractivity contribution in [3.8, 4) is 17.5 Å². The number of carbonyl (C=O) groups excluding carboxylic acids is 2. The number of nitrogen functional groups attached to an aromatic ring is 1. The van der Waals surface area contributed by atoms with Gasteiger partial charge in [-0.25, -0.2) is 0 Å². The van der Waals surface area contributed by atoms with E-state index in [0.29, 0.717) is 32.9 Å². The van der Waals surface area contributed by atoms with Crippen LogP contribution < -0.4 is 16.4 Å². The maximum absolute atomic E-state index is 13.3. The van der Waals surface area contributed by atoms with Crippen molar-refractivity contribution in [2.75, 3.05) is 11.1 Å². The molecule has 5 aromatic rings. The van der Waals surface area contributed by atoms with E-state index in [1.807, 2.05) is 30.3 Å². The second-order valence-corrected chi connectivity index (χ2v) is 8.56.